The van der Waals surface area contributed by atoms with Gasteiger partial charge >= 0.3 is 0 Å². The summed E-state index contributed by atoms with van der Waals surface area (Å²) >= 11 is 24.1. The SMILES string of the molecule is NCC(Cc1ccc(Cl)cc1Cl)c1ccc(Cl)c(Cl)c1. The molecule has 2 aromatic carbocycles. The van der Waals surface area contributed by atoms with E-state index in [0.29, 0.717) is 26.6 Å². The van der Waals surface area contributed by atoms with Crippen molar-refractivity contribution in [2.45, 2.75) is 12.3 Å². The zero-order valence-electron chi connectivity index (χ0n) is 10.5. The molecule has 106 valence electrons. The number of nitrogens with two attached hydrogens (primary N) is 1. The smallest absolute Gasteiger partial charge is 0.0595 e. The minimum absolute atomic E-state index is 0.128. The zero-order valence-corrected chi connectivity index (χ0v) is 13.6. The molecule has 0 spiro atoms. The predicted octanol–water partition coefficient (Wildman–Crippen LogP) is 5.59. The fourth-order valence-electron chi connectivity index (χ4n) is 2.06. The zero-order chi connectivity index (χ0) is 14.7. The second-order valence-corrected chi connectivity index (χ2v) is 6.20. The van der Waals surface area contributed by atoms with Crippen LogP contribution in [-0.2, 0) is 6.42 Å². The summed E-state index contributed by atoms with van der Waals surface area (Å²) in [5.74, 6) is 0.128. The van der Waals surface area contributed by atoms with E-state index < -0.39 is 0 Å². The third kappa shape index (κ3) is 3.81. The van der Waals surface area contributed by atoms with Crippen molar-refractivity contribution >= 4 is 46.4 Å². The van der Waals surface area contributed by atoms with Crippen LogP contribution in [-0.4, -0.2) is 6.54 Å². The van der Waals surface area contributed by atoms with Crippen molar-refractivity contribution in [3.8, 4) is 0 Å². The molecule has 1 atom stereocenters. The molecule has 0 saturated carbocycles. The normalized spacial score (nSPS) is 12.4. The van der Waals surface area contributed by atoms with E-state index in [1.165, 1.54) is 0 Å². The van der Waals surface area contributed by atoms with Crippen LogP contribution in [0.5, 0.6) is 0 Å². The molecule has 1 nitrogen and oxygen atoms in total. The summed E-state index contributed by atoms with van der Waals surface area (Å²) < 4.78 is 0. The van der Waals surface area contributed by atoms with Crippen molar-refractivity contribution in [1.82, 2.24) is 0 Å². The maximum Gasteiger partial charge on any atom is 0.0595 e. The van der Waals surface area contributed by atoms with E-state index in [-0.39, 0.29) is 5.92 Å². The van der Waals surface area contributed by atoms with E-state index in [1.807, 2.05) is 24.3 Å². The first-order valence-corrected chi connectivity index (χ1v) is 7.61. The summed E-state index contributed by atoms with van der Waals surface area (Å²) in [4.78, 5) is 0. The van der Waals surface area contributed by atoms with Gasteiger partial charge in [0, 0.05) is 16.0 Å². The van der Waals surface area contributed by atoms with Crippen molar-refractivity contribution < 1.29 is 0 Å². The Hall–Kier alpha value is -0.440. The molecule has 0 saturated heterocycles. The maximum atomic E-state index is 6.20. The topological polar surface area (TPSA) is 26.0 Å². The second-order valence-electron chi connectivity index (χ2n) is 4.55. The van der Waals surface area contributed by atoms with Crippen LogP contribution in [0.4, 0.5) is 0 Å². The van der Waals surface area contributed by atoms with Gasteiger partial charge < -0.3 is 5.73 Å². The Morgan fingerprint density at radius 2 is 1.60 bits per heavy atom. The van der Waals surface area contributed by atoms with Crippen LogP contribution in [0.3, 0.4) is 0 Å². The number of hydrogen-bond acceptors (Lipinski definition) is 1. The van der Waals surface area contributed by atoms with E-state index in [0.717, 1.165) is 17.5 Å². The summed E-state index contributed by atoms with van der Waals surface area (Å²) in [5.41, 5.74) is 7.94. The van der Waals surface area contributed by atoms with E-state index in [9.17, 15) is 0 Å². The summed E-state index contributed by atoms with van der Waals surface area (Å²) in [7, 11) is 0. The molecule has 1 unspecified atom stereocenters. The lowest BCUT2D eigenvalue weighted by atomic mass is 9.92. The summed E-state index contributed by atoms with van der Waals surface area (Å²) in [5, 5.41) is 2.34. The van der Waals surface area contributed by atoms with E-state index in [2.05, 4.69) is 0 Å². The molecule has 0 heterocycles. The molecule has 0 amide bonds. The molecule has 0 bridgehead atoms. The Bertz CT molecular complexity index is 613. The van der Waals surface area contributed by atoms with Crippen molar-refractivity contribution in [2.75, 3.05) is 6.54 Å². The quantitative estimate of drug-likeness (QED) is 0.766. The van der Waals surface area contributed by atoms with Gasteiger partial charge in [0.15, 0.2) is 0 Å². The standard InChI is InChI=1S/C15H13Cl4N/c16-12-3-1-10(14(18)7-12)5-11(8-20)9-2-4-13(17)15(19)6-9/h1-4,6-7,11H,5,8,20H2. The fraction of sp³-hybridized carbons (Fsp3) is 0.200. The van der Waals surface area contributed by atoms with Gasteiger partial charge in [-0.25, -0.2) is 0 Å². The highest BCUT2D eigenvalue weighted by atomic mass is 35.5. The third-order valence-corrected chi connectivity index (χ3v) is 4.51. The molecule has 0 aliphatic rings. The molecule has 0 aliphatic heterocycles. The van der Waals surface area contributed by atoms with Crippen LogP contribution in [0.1, 0.15) is 17.0 Å². The van der Waals surface area contributed by atoms with Gasteiger partial charge in [-0.2, -0.15) is 0 Å². The van der Waals surface area contributed by atoms with Crippen LogP contribution in [0.25, 0.3) is 0 Å². The van der Waals surface area contributed by atoms with Gasteiger partial charge in [0.1, 0.15) is 0 Å². The Balaban J connectivity index is 2.26. The van der Waals surface area contributed by atoms with Crippen LogP contribution in [0, 0.1) is 0 Å². The van der Waals surface area contributed by atoms with Gasteiger partial charge in [-0.1, -0.05) is 58.5 Å². The molecule has 2 N–H and O–H groups in total. The highest BCUT2D eigenvalue weighted by Gasteiger charge is 2.14. The predicted molar refractivity (Wildman–Crippen MR) is 88.4 cm³/mol. The monoisotopic (exact) mass is 347 g/mol. The van der Waals surface area contributed by atoms with Gasteiger partial charge in [-0.05, 0) is 48.4 Å². The van der Waals surface area contributed by atoms with Crippen LogP contribution >= 0.6 is 46.4 Å². The minimum atomic E-state index is 0.128. The molecule has 0 fully saturated rings. The first kappa shape index (κ1) is 15.9. The van der Waals surface area contributed by atoms with Gasteiger partial charge in [0.25, 0.3) is 0 Å². The Labute approximate surface area is 138 Å². The first-order valence-electron chi connectivity index (χ1n) is 6.10. The molecular formula is C15H13Cl4N. The van der Waals surface area contributed by atoms with Crippen molar-refractivity contribution in [3.05, 3.63) is 67.6 Å². The second kappa shape index (κ2) is 7.02. The lowest BCUT2D eigenvalue weighted by molar-refractivity contribution is 0.694. The molecule has 0 radical (unpaired) electrons. The van der Waals surface area contributed by atoms with Crippen molar-refractivity contribution in [1.29, 1.82) is 0 Å². The lowest BCUT2D eigenvalue weighted by Crippen LogP contribution is -2.15. The van der Waals surface area contributed by atoms with E-state index >= 15 is 0 Å². The van der Waals surface area contributed by atoms with Gasteiger partial charge in [0.05, 0.1) is 10.0 Å². The van der Waals surface area contributed by atoms with E-state index in [1.54, 1.807) is 12.1 Å². The largest absolute Gasteiger partial charge is 0.330 e. The third-order valence-electron chi connectivity index (χ3n) is 3.18. The summed E-state index contributed by atoms with van der Waals surface area (Å²) in [6.07, 6.45) is 0.727. The number of halogens is 4. The molecule has 0 aromatic heterocycles. The van der Waals surface area contributed by atoms with Gasteiger partial charge in [-0.3, -0.25) is 0 Å². The number of hydrogen-bond donors (Lipinski definition) is 1. The van der Waals surface area contributed by atoms with Gasteiger partial charge in [-0.15, -0.1) is 0 Å². The first-order chi connectivity index (χ1) is 9.51. The molecule has 2 aromatic rings. The molecule has 20 heavy (non-hydrogen) atoms. The lowest BCUT2D eigenvalue weighted by Gasteiger charge is -2.17. The average molecular weight is 349 g/mol. The van der Waals surface area contributed by atoms with Crippen LogP contribution in [0.15, 0.2) is 36.4 Å². The summed E-state index contributed by atoms with van der Waals surface area (Å²) in [6, 6.07) is 11.1. The molecule has 0 aliphatic carbocycles. The van der Waals surface area contributed by atoms with Crippen molar-refractivity contribution in [2.24, 2.45) is 5.73 Å². The van der Waals surface area contributed by atoms with E-state index in [4.69, 9.17) is 52.1 Å². The highest BCUT2D eigenvalue weighted by Crippen LogP contribution is 2.30. The minimum Gasteiger partial charge on any atom is -0.330 e. The number of rotatable bonds is 4. The highest BCUT2D eigenvalue weighted by molar-refractivity contribution is 6.42. The van der Waals surface area contributed by atoms with Crippen LogP contribution in [0.2, 0.25) is 20.1 Å². The molecule has 5 heteroatoms. The number of benzene rings is 2. The summed E-state index contributed by atoms with van der Waals surface area (Å²) in [6.45, 7) is 0.497. The van der Waals surface area contributed by atoms with Crippen molar-refractivity contribution in [3.63, 3.8) is 0 Å². The fourth-order valence-corrected chi connectivity index (χ4v) is 2.85. The molecular weight excluding hydrogens is 336 g/mol. The Morgan fingerprint density at radius 3 is 2.20 bits per heavy atom. The van der Waals surface area contributed by atoms with Crippen LogP contribution < -0.4 is 5.73 Å². The Morgan fingerprint density at radius 1 is 0.850 bits per heavy atom. The Kier molecular flexibility index (Phi) is 5.59. The molecule has 2 rings (SSSR count). The van der Waals surface area contributed by atoms with Gasteiger partial charge in [0.2, 0.25) is 0 Å². The average Bonchev–Trinajstić information content (AvgIpc) is 2.41. The maximum absolute atomic E-state index is 6.20.